The number of carbonyl (C=O) groups excluding carboxylic acids is 1. The Labute approximate surface area is 163 Å². The molecule has 0 saturated carbocycles. The predicted molar refractivity (Wildman–Crippen MR) is 105 cm³/mol. The summed E-state index contributed by atoms with van der Waals surface area (Å²) < 4.78 is 11.4. The second-order valence-electron chi connectivity index (χ2n) is 7.76. The minimum Gasteiger partial charge on any atom is -0.445 e. The minimum absolute atomic E-state index is 0.208. The largest absolute Gasteiger partial charge is 0.445 e. The first-order valence-corrected chi connectivity index (χ1v) is 10.2. The summed E-state index contributed by atoms with van der Waals surface area (Å²) in [6, 6.07) is 8.30. The molecular formula is C22H25N3O3. The fourth-order valence-corrected chi connectivity index (χ4v) is 4.26. The summed E-state index contributed by atoms with van der Waals surface area (Å²) in [5, 5.41) is 1.25. The second-order valence-corrected chi connectivity index (χ2v) is 7.76. The average molecular weight is 379 g/mol. The van der Waals surface area contributed by atoms with E-state index in [0.717, 1.165) is 55.2 Å². The number of oxazole rings is 1. The zero-order chi connectivity index (χ0) is 18.9. The lowest BCUT2D eigenvalue weighted by atomic mass is 10.1. The Morgan fingerprint density at radius 2 is 2.25 bits per heavy atom. The minimum atomic E-state index is 0.208. The van der Waals surface area contributed by atoms with E-state index in [9.17, 15) is 4.79 Å². The van der Waals surface area contributed by atoms with Crippen molar-refractivity contribution in [2.75, 3.05) is 19.8 Å². The fraction of sp³-hybridized carbons (Fsp3) is 0.455. The van der Waals surface area contributed by atoms with Crippen molar-refractivity contribution in [1.29, 1.82) is 0 Å². The number of ether oxygens (including phenoxy) is 1. The maximum atomic E-state index is 12.7. The molecule has 0 spiro atoms. The normalized spacial score (nSPS) is 19.3. The molecule has 1 amide bonds. The predicted octanol–water partition coefficient (Wildman–Crippen LogP) is 3.57. The summed E-state index contributed by atoms with van der Waals surface area (Å²) in [7, 11) is 0. The van der Waals surface area contributed by atoms with Gasteiger partial charge in [-0.2, -0.15) is 0 Å². The molecule has 0 bridgehead atoms. The van der Waals surface area contributed by atoms with E-state index in [-0.39, 0.29) is 11.8 Å². The van der Waals surface area contributed by atoms with Crippen LogP contribution in [0.2, 0.25) is 0 Å². The van der Waals surface area contributed by atoms with Crippen LogP contribution in [0.1, 0.15) is 48.1 Å². The topological polar surface area (TPSA) is 71.4 Å². The van der Waals surface area contributed by atoms with Crippen molar-refractivity contribution in [1.82, 2.24) is 14.9 Å². The van der Waals surface area contributed by atoms with Gasteiger partial charge in [-0.05, 0) is 30.9 Å². The van der Waals surface area contributed by atoms with Crippen LogP contribution in [-0.4, -0.2) is 40.5 Å². The van der Waals surface area contributed by atoms with Crippen LogP contribution < -0.4 is 0 Å². The van der Waals surface area contributed by atoms with Crippen molar-refractivity contribution >= 4 is 16.8 Å². The number of fused-ring (bicyclic) bond motifs is 2. The van der Waals surface area contributed by atoms with Crippen LogP contribution in [-0.2, 0) is 28.9 Å². The van der Waals surface area contributed by atoms with Crippen LogP contribution in [0.25, 0.3) is 10.9 Å². The number of amides is 1. The molecule has 2 aliphatic rings. The molecule has 1 atom stereocenters. The van der Waals surface area contributed by atoms with Gasteiger partial charge in [0.2, 0.25) is 5.91 Å². The molecule has 1 saturated heterocycles. The zero-order valence-corrected chi connectivity index (χ0v) is 15.9. The van der Waals surface area contributed by atoms with Crippen molar-refractivity contribution in [3.8, 4) is 0 Å². The van der Waals surface area contributed by atoms with Gasteiger partial charge >= 0.3 is 0 Å². The Morgan fingerprint density at radius 1 is 1.32 bits per heavy atom. The molecular weight excluding hydrogens is 354 g/mol. The molecule has 1 aromatic carbocycles. The first-order valence-electron chi connectivity index (χ1n) is 10.2. The first-order chi connectivity index (χ1) is 13.8. The third-order valence-corrected chi connectivity index (χ3v) is 5.89. The van der Waals surface area contributed by atoms with Crippen LogP contribution in [0, 0.1) is 0 Å². The van der Waals surface area contributed by atoms with E-state index in [2.05, 4.69) is 34.4 Å². The zero-order valence-electron chi connectivity index (χ0n) is 15.9. The molecule has 2 aliphatic heterocycles. The van der Waals surface area contributed by atoms with Crippen molar-refractivity contribution in [3.63, 3.8) is 0 Å². The quantitative estimate of drug-likeness (QED) is 0.736. The van der Waals surface area contributed by atoms with Crippen molar-refractivity contribution in [3.05, 3.63) is 53.4 Å². The number of aryl methyl sites for hydroxylation is 1. The number of nitrogens with one attached hydrogen (secondary N) is 1. The molecule has 1 unspecified atom stereocenters. The van der Waals surface area contributed by atoms with Crippen LogP contribution in [0.5, 0.6) is 0 Å². The summed E-state index contributed by atoms with van der Waals surface area (Å²) >= 11 is 0. The van der Waals surface area contributed by atoms with Crippen LogP contribution >= 0.6 is 0 Å². The van der Waals surface area contributed by atoms with Gasteiger partial charge in [-0.25, -0.2) is 4.98 Å². The number of aromatic amines is 1. The Bertz CT molecular complexity index is 984. The Balaban J connectivity index is 1.17. The fourth-order valence-electron chi connectivity index (χ4n) is 4.26. The molecule has 2 aromatic heterocycles. The molecule has 146 valence electrons. The lowest BCUT2D eigenvalue weighted by Crippen LogP contribution is -2.35. The third-order valence-electron chi connectivity index (χ3n) is 5.89. The molecule has 4 heterocycles. The Kier molecular flexibility index (Phi) is 4.64. The SMILES string of the molecule is O=C(CCCc1c[nH]c2ccccc12)N1CCc2oc(C3CCOC3)nc2C1. The van der Waals surface area contributed by atoms with Crippen LogP contribution in [0.15, 0.2) is 34.9 Å². The van der Waals surface area contributed by atoms with Gasteiger partial charge in [-0.3, -0.25) is 4.79 Å². The average Bonchev–Trinajstić information content (AvgIpc) is 3.46. The number of rotatable bonds is 5. The van der Waals surface area contributed by atoms with Gasteiger partial charge in [0.15, 0.2) is 5.89 Å². The highest BCUT2D eigenvalue weighted by atomic mass is 16.5. The summed E-state index contributed by atoms with van der Waals surface area (Å²) in [6.07, 6.45) is 6.11. The van der Waals surface area contributed by atoms with Crippen molar-refractivity contribution in [2.45, 2.75) is 44.6 Å². The molecule has 3 aromatic rings. The lowest BCUT2D eigenvalue weighted by molar-refractivity contribution is -0.132. The second kappa shape index (κ2) is 7.43. The van der Waals surface area contributed by atoms with Crippen molar-refractivity contribution in [2.24, 2.45) is 0 Å². The van der Waals surface area contributed by atoms with Gasteiger partial charge in [0, 0.05) is 43.1 Å². The van der Waals surface area contributed by atoms with E-state index < -0.39 is 0 Å². The lowest BCUT2D eigenvalue weighted by Gasteiger charge is -2.25. The van der Waals surface area contributed by atoms with E-state index in [0.29, 0.717) is 26.1 Å². The maximum absolute atomic E-state index is 12.7. The van der Waals surface area contributed by atoms with Gasteiger partial charge in [-0.1, -0.05) is 18.2 Å². The summed E-state index contributed by atoms with van der Waals surface area (Å²) in [5.74, 6) is 2.21. The van der Waals surface area contributed by atoms with Gasteiger partial charge in [0.1, 0.15) is 11.5 Å². The Hall–Kier alpha value is -2.60. The summed E-state index contributed by atoms with van der Waals surface area (Å²) in [4.78, 5) is 22.6. The number of nitrogens with zero attached hydrogens (tertiary/aromatic N) is 2. The van der Waals surface area contributed by atoms with Gasteiger partial charge in [0.05, 0.1) is 19.1 Å². The molecule has 5 rings (SSSR count). The van der Waals surface area contributed by atoms with Crippen LogP contribution in [0.3, 0.4) is 0 Å². The van der Waals surface area contributed by atoms with E-state index in [1.807, 2.05) is 11.0 Å². The first kappa shape index (κ1) is 17.5. The number of hydrogen-bond acceptors (Lipinski definition) is 4. The van der Waals surface area contributed by atoms with E-state index in [1.165, 1.54) is 10.9 Å². The van der Waals surface area contributed by atoms with Gasteiger partial charge < -0.3 is 19.0 Å². The molecule has 1 fully saturated rings. The highest BCUT2D eigenvalue weighted by Crippen LogP contribution is 2.29. The maximum Gasteiger partial charge on any atom is 0.222 e. The van der Waals surface area contributed by atoms with E-state index in [1.54, 1.807) is 0 Å². The smallest absolute Gasteiger partial charge is 0.222 e. The summed E-state index contributed by atoms with van der Waals surface area (Å²) in [5.41, 5.74) is 3.37. The molecule has 6 nitrogen and oxygen atoms in total. The van der Waals surface area contributed by atoms with Gasteiger partial charge in [-0.15, -0.1) is 0 Å². The highest BCUT2D eigenvalue weighted by Gasteiger charge is 2.29. The number of aromatic nitrogens is 2. The number of carbonyl (C=O) groups is 1. The van der Waals surface area contributed by atoms with E-state index >= 15 is 0 Å². The standard InChI is InChI=1S/C22H25N3O3/c26-21(7-3-4-15-12-23-18-6-2-1-5-17(15)18)25-10-8-20-19(13-25)24-22(28-20)16-9-11-27-14-16/h1-2,5-6,12,16,23H,3-4,7-11,13-14H2. The van der Waals surface area contributed by atoms with Gasteiger partial charge in [0.25, 0.3) is 0 Å². The number of H-pyrrole nitrogens is 1. The number of para-hydroxylation sites is 1. The van der Waals surface area contributed by atoms with E-state index in [4.69, 9.17) is 9.15 Å². The number of hydrogen-bond donors (Lipinski definition) is 1. The molecule has 28 heavy (non-hydrogen) atoms. The van der Waals surface area contributed by atoms with Crippen LogP contribution in [0.4, 0.5) is 0 Å². The monoisotopic (exact) mass is 379 g/mol. The Morgan fingerprint density at radius 3 is 3.14 bits per heavy atom. The summed E-state index contributed by atoms with van der Waals surface area (Å²) in [6.45, 7) is 2.75. The van der Waals surface area contributed by atoms with Crippen molar-refractivity contribution < 1.29 is 13.9 Å². The molecule has 0 radical (unpaired) electrons. The molecule has 0 aliphatic carbocycles. The number of benzene rings is 1. The molecule has 6 heteroatoms. The molecule has 1 N–H and O–H groups in total. The highest BCUT2D eigenvalue weighted by molar-refractivity contribution is 5.83. The third kappa shape index (κ3) is 3.33.